The summed E-state index contributed by atoms with van der Waals surface area (Å²) in [6.45, 7) is 11.4. The second-order valence-corrected chi connectivity index (χ2v) is 6.17. The van der Waals surface area contributed by atoms with Gasteiger partial charge >= 0.3 is 5.97 Å². The average molecular weight is 305 g/mol. The van der Waals surface area contributed by atoms with Crippen LogP contribution in [0, 0.1) is 6.92 Å². The molecule has 0 saturated carbocycles. The van der Waals surface area contributed by atoms with E-state index in [1.54, 1.807) is 0 Å². The van der Waals surface area contributed by atoms with E-state index in [0.717, 1.165) is 44.8 Å². The molecule has 1 aliphatic heterocycles. The van der Waals surface area contributed by atoms with Crippen LogP contribution in [0.25, 0.3) is 0 Å². The highest BCUT2D eigenvalue weighted by atomic mass is 16.5. The molecule has 0 amide bonds. The summed E-state index contributed by atoms with van der Waals surface area (Å²) in [5.41, 5.74) is 3.08. The third kappa shape index (κ3) is 4.82. The second kappa shape index (κ2) is 8.30. The highest BCUT2D eigenvalue weighted by Crippen LogP contribution is 2.20. The number of benzene rings is 1. The lowest BCUT2D eigenvalue weighted by Gasteiger charge is -2.26. The van der Waals surface area contributed by atoms with Gasteiger partial charge in [0.05, 0.1) is 25.4 Å². The van der Waals surface area contributed by atoms with Crippen molar-refractivity contribution in [2.45, 2.75) is 33.1 Å². The molecule has 1 fully saturated rings. The first-order valence-electron chi connectivity index (χ1n) is 8.15. The quantitative estimate of drug-likeness (QED) is 0.598. The second-order valence-electron chi connectivity index (χ2n) is 6.17. The number of rotatable bonds is 6. The molecular weight excluding hydrogens is 278 g/mol. The molecule has 4 heteroatoms. The Morgan fingerprint density at radius 2 is 2.05 bits per heavy atom. The Bertz CT molecular complexity index is 493. The molecule has 0 aliphatic carbocycles. The van der Waals surface area contributed by atoms with Crippen molar-refractivity contribution in [1.82, 2.24) is 4.90 Å². The van der Waals surface area contributed by atoms with E-state index in [0.29, 0.717) is 18.1 Å². The van der Waals surface area contributed by atoms with Crippen LogP contribution in [0.15, 0.2) is 18.2 Å². The van der Waals surface area contributed by atoms with Gasteiger partial charge in [0, 0.05) is 19.6 Å². The molecule has 0 radical (unpaired) electrons. The van der Waals surface area contributed by atoms with Gasteiger partial charge in [0.15, 0.2) is 0 Å². The van der Waals surface area contributed by atoms with Gasteiger partial charge in [-0.1, -0.05) is 19.9 Å². The van der Waals surface area contributed by atoms with Crippen molar-refractivity contribution >= 4 is 5.97 Å². The Morgan fingerprint density at radius 1 is 1.32 bits per heavy atom. The molecule has 22 heavy (non-hydrogen) atoms. The molecule has 0 bridgehead atoms. The Hall–Kier alpha value is -1.39. The van der Waals surface area contributed by atoms with Crippen LogP contribution in [0.2, 0.25) is 0 Å². The van der Waals surface area contributed by atoms with E-state index in [-0.39, 0.29) is 5.97 Å². The lowest BCUT2D eigenvalue weighted by molar-refractivity contribution is 0.0298. The number of morpholine rings is 1. The molecular formula is C18H27NO3. The van der Waals surface area contributed by atoms with Gasteiger partial charge < -0.3 is 9.47 Å². The zero-order chi connectivity index (χ0) is 15.9. The standard InChI is InChI=1S/C18H27NO3/c1-14(2)17-6-5-16(13-15(17)3)18(20)22-10-4-7-19-8-11-21-12-9-19/h5-6,13-14H,4,7-12H2,1-3H3. The van der Waals surface area contributed by atoms with Crippen LogP contribution in [0.1, 0.15) is 47.7 Å². The van der Waals surface area contributed by atoms with Gasteiger partial charge in [0.1, 0.15) is 0 Å². The maximum atomic E-state index is 12.1. The van der Waals surface area contributed by atoms with E-state index in [1.807, 2.05) is 25.1 Å². The molecule has 122 valence electrons. The summed E-state index contributed by atoms with van der Waals surface area (Å²) in [4.78, 5) is 14.4. The van der Waals surface area contributed by atoms with Gasteiger partial charge in [0.25, 0.3) is 0 Å². The number of carbonyl (C=O) groups is 1. The maximum Gasteiger partial charge on any atom is 0.338 e. The van der Waals surface area contributed by atoms with Crippen LogP contribution in [-0.2, 0) is 9.47 Å². The topological polar surface area (TPSA) is 38.8 Å². The summed E-state index contributed by atoms with van der Waals surface area (Å²) < 4.78 is 10.7. The fourth-order valence-electron chi connectivity index (χ4n) is 2.81. The Kier molecular flexibility index (Phi) is 6.40. The molecule has 0 spiro atoms. The van der Waals surface area contributed by atoms with Gasteiger partial charge in [-0.25, -0.2) is 4.79 Å². The monoisotopic (exact) mass is 305 g/mol. The molecule has 1 aromatic carbocycles. The van der Waals surface area contributed by atoms with Crippen LogP contribution in [0.4, 0.5) is 0 Å². The average Bonchev–Trinajstić information content (AvgIpc) is 2.52. The van der Waals surface area contributed by atoms with Crippen molar-refractivity contribution in [1.29, 1.82) is 0 Å². The molecule has 0 atom stereocenters. The first-order valence-corrected chi connectivity index (χ1v) is 8.15. The number of aryl methyl sites for hydroxylation is 1. The van der Waals surface area contributed by atoms with Crippen molar-refractivity contribution in [3.8, 4) is 0 Å². The summed E-state index contributed by atoms with van der Waals surface area (Å²) in [6.07, 6.45) is 0.870. The number of hydrogen-bond acceptors (Lipinski definition) is 4. The van der Waals surface area contributed by atoms with Crippen molar-refractivity contribution in [3.63, 3.8) is 0 Å². The van der Waals surface area contributed by atoms with Gasteiger partial charge in [-0.15, -0.1) is 0 Å². The minimum absolute atomic E-state index is 0.222. The van der Waals surface area contributed by atoms with E-state index in [4.69, 9.17) is 9.47 Å². The zero-order valence-corrected chi connectivity index (χ0v) is 13.9. The normalized spacial score (nSPS) is 16.0. The number of nitrogens with zero attached hydrogens (tertiary/aromatic N) is 1. The predicted octanol–water partition coefficient (Wildman–Crippen LogP) is 3.00. The van der Waals surface area contributed by atoms with E-state index in [1.165, 1.54) is 5.56 Å². The maximum absolute atomic E-state index is 12.1. The molecule has 1 heterocycles. The van der Waals surface area contributed by atoms with Crippen molar-refractivity contribution in [2.75, 3.05) is 39.5 Å². The fraction of sp³-hybridized carbons (Fsp3) is 0.611. The van der Waals surface area contributed by atoms with Crippen molar-refractivity contribution in [3.05, 3.63) is 34.9 Å². The van der Waals surface area contributed by atoms with Gasteiger partial charge in [-0.05, 0) is 42.5 Å². The van der Waals surface area contributed by atoms with Crippen LogP contribution in [0.3, 0.4) is 0 Å². The Balaban J connectivity index is 1.76. The third-order valence-corrected chi connectivity index (χ3v) is 4.08. The van der Waals surface area contributed by atoms with E-state index in [9.17, 15) is 4.79 Å². The van der Waals surface area contributed by atoms with Gasteiger partial charge in [0.2, 0.25) is 0 Å². The van der Waals surface area contributed by atoms with Crippen LogP contribution < -0.4 is 0 Å². The summed E-state index contributed by atoms with van der Waals surface area (Å²) in [5, 5.41) is 0. The van der Waals surface area contributed by atoms with Crippen LogP contribution in [-0.4, -0.2) is 50.3 Å². The third-order valence-electron chi connectivity index (χ3n) is 4.08. The van der Waals surface area contributed by atoms with Gasteiger partial charge in [-0.3, -0.25) is 4.90 Å². The largest absolute Gasteiger partial charge is 0.462 e. The number of carbonyl (C=O) groups excluding carboxylic acids is 1. The minimum atomic E-state index is -0.222. The molecule has 1 aliphatic rings. The van der Waals surface area contributed by atoms with E-state index < -0.39 is 0 Å². The summed E-state index contributed by atoms with van der Waals surface area (Å²) >= 11 is 0. The lowest BCUT2D eigenvalue weighted by atomic mass is 9.96. The number of esters is 1. The predicted molar refractivity (Wildman–Crippen MR) is 87.4 cm³/mol. The van der Waals surface area contributed by atoms with E-state index in [2.05, 4.69) is 18.7 Å². The molecule has 1 saturated heterocycles. The number of ether oxygens (including phenoxy) is 2. The highest BCUT2D eigenvalue weighted by Gasteiger charge is 2.12. The first-order chi connectivity index (χ1) is 10.6. The summed E-state index contributed by atoms with van der Waals surface area (Å²) in [7, 11) is 0. The Labute approximate surface area is 133 Å². The van der Waals surface area contributed by atoms with E-state index >= 15 is 0 Å². The zero-order valence-electron chi connectivity index (χ0n) is 13.9. The minimum Gasteiger partial charge on any atom is -0.462 e. The fourth-order valence-corrected chi connectivity index (χ4v) is 2.81. The van der Waals surface area contributed by atoms with Crippen LogP contribution in [0.5, 0.6) is 0 Å². The molecule has 0 N–H and O–H groups in total. The molecule has 4 nitrogen and oxygen atoms in total. The number of hydrogen-bond donors (Lipinski definition) is 0. The molecule has 0 unspecified atom stereocenters. The van der Waals surface area contributed by atoms with Gasteiger partial charge in [-0.2, -0.15) is 0 Å². The summed E-state index contributed by atoms with van der Waals surface area (Å²) in [6, 6.07) is 5.83. The summed E-state index contributed by atoms with van der Waals surface area (Å²) in [5.74, 6) is 0.249. The smallest absolute Gasteiger partial charge is 0.338 e. The highest BCUT2D eigenvalue weighted by molar-refractivity contribution is 5.89. The first kappa shape index (κ1) is 17.0. The van der Waals surface area contributed by atoms with Crippen LogP contribution >= 0.6 is 0 Å². The SMILES string of the molecule is Cc1cc(C(=O)OCCCN2CCOCC2)ccc1C(C)C. The van der Waals surface area contributed by atoms with Crippen molar-refractivity contribution in [2.24, 2.45) is 0 Å². The molecule has 1 aromatic rings. The Morgan fingerprint density at radius 3 is 2.68 bits per heavy atom. The molecule has 0 aromatic heterocycles. The van der Waals surface area contributed by atoms with Crippen molar-refractivity contribution < 1.29 is 14.3 Å². The lowest BCUT2D eigenvalue weighted by Crippen LogP contribution is -2.37. The molecule has 2 rings (SSSR count).